The second kappa shape index (κ2) is 20.7. The van der Waals surface area contributed by atoms with Gasteiger partial charge in [0.1, 0.15) is 0 Å². The summed E-state index contributed by atoms with van der Waals surface area (Å²) in [6.07, 6.45) is 3.20. The molecule has 0 saturated heterocycles. The van der Waals surface area contributed by atoms with Crippen LogP contribution in [0, 0.1) is 0 Å². The van der Waals surface area contributed by atoms with Crippen LogP contribution in [0.2, 0.25) is 0 Å². The Kier molecular flexibility index (Phi) is 29.0. The van der Waals surface area contributed by atoms with Crippen LogP contribution in [0.4, 0.5) is 0 Å². The monoisotopic (exact) mass is 429 g/mol. The molecule has 1 rings (SSSR count). The maximum absolute atomic E-state index is 10.2. The Morgan fingerprint density at radius 1 is 1.33 bits per heavy atom. The topological polar surface area (TPSA) is 141 Å². The number of carbonyl (C=O) groups excluding carboxylic acids is 3. The molecule has 3 N–H and O–H groups in total. The zero-order valence-electron chi connectivity index (χ0n) is 9.08. The predicted octanol–water partition coefficient (Wildman–Crippen LogP) is -0.367. The minimum absolute atomic E-state index is 0. The molecule has 0 spiro atoms. The SMILES string of the molecule is [188Re].[CH-]=O.[CH-]=O.[CH-]=O.[NH-]C(Cc1c[nH]cn1)C(=O)O. The van der Waals surface area contributed by atoms with Gasteiger partial charge in [0, 0.05) is 26.6 Å². The van der Waals surface area contributed by atoms with E-state index in [1.54, 1.807) is 6.20 Å². The Morgan fingerprint density at radius 3 is 2.06 bits per heavy atom. The van der Waals surface area contributed by atoms with E-state index in [1.807, 2.05) is 0 Å². The van der Waals surface area contributed by atoms with Crippen LogP contribution < -0.4 is 0 Å². The molecule has 18 heavy (non-hydrogen) atoms. The van der Waals surface area contributed by atoms with Crippen molar-refractivity contribution in [3.8, 4) is 0 Å². The van der Waals surface area contributed by atoms with Crippen molar-refractivity contribution >= 4 is 26.3 Å². The summed E-state index contributed by atoms with van der Waals surface area (Å²) in [4.78, 5) is 39.9. The van der Waals surface area contributed by atoms with E-state index in [9.17, 15) is 4.79 Å². The van der Waals surface area contributed by atoms with Gasteiger partial charge in [0.25, 0.3) is 5.97 Å². The molecule has 0 aromatic carbocycles. The Bertz CT molecular complexity index is 279. The van der Waals surface area contributed by atoms with Crippen LogP contribution in [0.3, 0.4) is 0 Å². The summed E-state index contributed by atoms with van der Waals surface area (Å²) >= 11 is 0. The summed E-state index contributed by atoms with van der Waals surface area (Å²) in [5.74, 6) is -1.12. The summed E-state index contributed by atoms with van der Waals surface area (Å²) in [7, 11) is 0. The molecule has 0 amide bonds. The molecule has 0 aliphatic rings. The molecular formula is C9H11N3O5Re-4. The van der Waals surface area contributed by atoms with Gasteiger partial charge in [-0.25, -0.2) is 4.98 Å². The van der Waals surface area contributed by atoms with E-state index in [2.05, 4.69) is 30.3 Å². The summed E-state index contributed by atoms with van der Waals surface area (Å²) in [6, 6.07) is -1.11. The Balaban J connectivity index is -0.000000123. The number of imidazole rings is 1. The van der Waals surface area contributed by atoms with E-state index in [4.69, 9.17) is 25.2 Å². The van der Waals surface area contributed by atoms with Crippen LogP contribution in [-0.2, 0) is 46.0 Å². The molecule has 8 nitrogen and oxygen atoms in total. The smallest absolute Gasteiger partial charge is 0.285 e. The number of aliphatic carboxylic acids is 1. The van der Waals surface area contributed by atoms with Gasteiger partial charge in [0.15, 0.2) is 0 Å². The number of aromatic amines is 1. The van der Waals surface area contributed by atoms with Crippen molar-refractivity contribution in [3.05, 3.63) is 24.0 Å². The van der Waals surface area contributed by atoms with Gasteiger partial charge in [-0.05, 0) is 12.5 Å². The van der Waals surface area contributed by atoms with E-state index in [0.717, 1.165) is 0 Å². The van der Waals surface area contributed by atoms with Crippen LogP contribution >= 0.6 is 0 Å². The third-order valence-electron chi connectivity index (χ3n) is 1.27. The number of rotatable bonds is 3. The first-order valence-electron chi connectivity index (χ1n) is 3.82. The van der Waals surface area contributed by atoms with Crippen LogP contribution in [0.1, 0.15) is 5.69 Å². The van der Waals surface area contributed by atoms with E-state index >= 15 is 0 Å². The average molecular weight is 429 g/mol. The van der Waals surface area contributed by atoms with Gasteiger partial charge in [-0.3, -0.25) is 25.2 Å². The molecule has 1 aromatic heterocycles. The van der Waals surface area contributed by atoms with Crippen molar-refractivity contribution < 1.29 is 44.7 Å². The second-order valence-electron chi connectivity index (χ2n) is 2.16. The first kappa shape index (κ1) is 25.2. The molecule has 1 radical (unpaired) electrons. The molecule has 1 heterocycles. The Hall–Kier alpha value is -1.69. The molecule has 0 aliphatic carbocycles. The van der Waals surface area contributed by atoms with Crippen LogP contribution in [-0.4, -0.2) is 47.5 Å². The van der Waals surface area contributed by atoms with Crippen molar-refractivity contribution in [2.75, 3.05) is 0 Å². The Morgan fingerprint density at radius 2 is 1.78 bits per heavy atom. The van der Waals surface area contributed by atoms with Crippen molar-refractivity contribution in [2.24, 2.45) is 0 Å². The van der Waals surface area contributed by atoms with Crippen LogP contribution in [0.25, 0.3) is 5.73 Å². The fourth-order valence-corrected chi connectivity index (χ4v) is 0.699. The largest absolute Gasteiger partial charge is 0.665 e. The summed E-state index contributed by atoms with van der Waals surface area (Å²) in [6.45, 7) is 9.75. The second-order valence-corrected chi connectivity index (χ2v) is 2.16. The number of carboxylic acid groups (broad SMARTS) is 1. The summed E-state index contributed by atoms with van der Waals surface area (Å²) in [5, 5.41) is 8.36. The quantitative estimate of drug-likeness (QED) is 0.497. The molecule has 1 unspecified atom stereocenters. The zero-order valence-corrected chi connectivity index (χ0v) is 11.8. The van der Waals surface area contributed by atoms with Crippen LogP contribution in [0.15, 0.2) is 12.5 Å². The maximum Gasteiger partial charge on any atom is 0.285 e. The fraction of sp³-hybridized carbons (Fsp3) is 0.222. The first-order valence-corrected chi connectivity index (χ1v) is 3.82. The number of hydrogen-bond acceptors (Lipinski definition) is 5. The zero-order chi connectivity index (χ0) is 14.3. The average Bonchev–Trinajstić information content (AvgIpc) is 2.89. The number of hydrogen-bond donors (Lipinski definition) is 2. The number of nitrogens with zero attached hydrogens (tertiary/aromatic N) is 1. The number of aromatic nitrogens is 2. The third kappa shape index (κ3) is 14.3. The molecule has 0 aliphatic heterocycles. The normalized spacial score (nSPS) is 8.50. The molecular weight excluding hydrogens is 418 g/mol. The van der Waals surface area contributed by atoms with Crippen molar-refractivity contribution in [1.82, 2.24) is 9.97 Å². The standard InChI is InChI=1S/C6H8N3O2.3CHO.Re/c7-5(6(10)11)1-4-2-8-3-9-4;3*1-2;/h2-3,5,7H,1H2,(H,8,9)(H,10,11);3*1H;/q4*-1;/i;;;;1+2. The molecule has 0 saturated carbocycles. The van der Waals surface area contributed by atoms with Crippen molar-refractivity contribution in [1.29, 1.82) is 0 Å². The molecule has 103 valence electrons. The molecule has 1 aromatic rings. The van der Waals surface area contributed by atoms with Gasteiger partial charge in [-0.1, -0.05) is 0 Å². The van der Waals surface area contributed by atoms with E-state index in [0.29, 0.717) is 5.69 Å². The predicted molar refractivity (Wildman–Crippen MR) is 58.3 cm³/mol. The number of carbonyl (C=O) groups is 1. The number of H-pyrrole nitrogens is 1. The van der Waals surface area contributed by atoms with Crippen LogP contribution in [0.5, 0.6) is 0 Å². The minimum Gasteiger partial charge on any atom is -0.665 e. The van der Waals surface area contributed by atoms with Gasteiger partial charge < -0.3 is 30.2 Å². The summed E-state index contributed by atoms with van der Waals surface area (Å²) in [5.41, 5.74) is 7.65. The number of nitrogens with one attached hydrogen (secondary N) is 2. The molecule has 0 bridgehead atoms. The fourth-order valence-electron chi connectivity index (χ4n) is 0.699. The third-order valence-corrected chi connectivity index (χ3v) is 1.27. The maximum atomic E-state index is 10.2. The van der Waals surface area contributed by atoms with Gasteiger partial charge in [-0.2, -0.15) is 0 Å². The van der Waals surface area contributed by atoms with E-state index in [1.165, 1.54) is 6.33 Å². The van der Waals surface area contributed by atoms with Gasteiger partial charge >= 0.3 is 0 Å². The van der Waals surface area contributed by atoms with Crippen molar-refractivity contribution in [3.63, 3.8) is 0 Å². The molecule has 0 fully saturated rings. The van der Waals surface area contributed by atoms with Gasteiger partial charge in [0.05, 0.1) is 12.0 Å². The van der Waals surface area contributed by atoms with E-state index < -0.39 is 12.0 Å². The summed E-state index contributed by atoms with van der Waals surface area (Å²) < 4.78 is 0. The molecule has 9 heteroatoms. The van der Waals surface area contributed by atoms with Gasteiger partial charge in [-0.15, -0.1) is 0 Å². The van der Waals surface area contributed by atoms with Gasteiger partial charge in [0.2, 0.25) is 0 Å². The molecule has 1 atom stereocenters. The number of carboxylic acids is 1. The van der Waals surface area contributed by atoms with E-state index in [-0.39, 0.29) is 26.8 Å². The van der Waals surface area contributed by atoms with Crippen molar-refractivity contribution in [2.45, 2.75) is 12.5 Å². The first-order chi connectivity index (χ1) is 8.20. The minimum atomic E-state index is -1.12. The Labute approximate surface area is 118 Å².